The molecule has 0 atom stereocenters. The summed E-state index contributed by atoms with van der Waals surface area (Å²) in [5, 5.41) is 24.4. The highest BCUT2D eigenvalue weighted by molar-refractivity contribution is 7.89. The summed E-state index contributed by atoms with van der Waals surface area (Å²) in [6.45, 7) is 1.76. The summed E-state index contributed by atoms with van der Waals surface area (Å²) < 4.78 is 24.5. The van der Waals surface area contributed by atoms with Gasteiger partial charge in [0, 0.05) is 17.7 Å². The van der Waals surface area contributed by atoms with Crippen molar-refractivity contribution in [3.8, 4) is 5.75 Å². The Morgan fingerprint density at radius 1 is 1.25 bits per heavy atom. The highest BCUT2D eigenvalue weighted by Gasteiger charge is 2.17. The highest BCUT2D eigenvalue weighted by Crippen LogP contribution is 2.19. The van der Waals surface area contributed by atoms with E-state index in [0.29, 0.717) is 17.7 Å². The fourth-order valence-electron chi connectivity index (χ4n) is 1.98. The molecule has 2 aromatic rings. The number of non-ortho nitro benzene ring substituents is 1. The molecule has 0 radical (unpaired) electrons. The highest BCUT2D eigenvalue weighted by atomic mass is 32.2. The van der Waals surface area contributed by atoms with Gasteiger partial charge in [-0.15, -0.1) is 0 Å². The first-order valence-corrected chi connectivity index (χ1v) is 8.44. The number of nitrogens with zero attached hydrogens (tertiary/aromatic N) is 2. The van der Waals surface area contributed by atoms with Gasteiger partial charge in [0.1, 0.15) is 5.75 Å². The Labute approximate surface area is 138 Å². The van der Waals surface area contributed by atoms with Gasteiger partial charge < -0.3 is 5.11 Å². The molecule has 9 heteroatoms. The Kier molecular flexibility index (Phi) is 5.14. The number of phenols is 1. The Morgan fingerprint density at radius 2 is 1.96 bits per heavy atom. The number of phenolic OH excluding ortho intramolecular Hbond substituents is 1. The number of sulfonamides is 1. The third-order valence-corrected chi connectivity index (χ3v) is 4.40. The molecular weight excluding hydrogens is 334 g/mol. The zero-order valence-electron chi connectivity index (χ0n) is 12.7. The number of hydrogen-bond acceptors (Lipinski definition) is 6. The molecule has 0 amide bonds. The summed E-state index contributed by atoms with van der Waals surface area (Å²) in [6, 6.07) is 11.1. The van der Waals surface area contributed by atoms with E-state index in [2.05, 4.69) is 5.10 Å². The maximum atomic E-state index is 12.2. The van der Waals surface area contributed by atoms with Crippen LogP contribution in [0.15, 0.2) is 58.5 Å². The molecule has 2 aromatic carbocycles. The SMILES string of the molecule is CC/C(=N\NS(=O)(=O)c1cccc([N+](=O)[O-])c1)c1ccccc1O. The second-order valence-electron chi connectivity index (χ2n) is 4.78. The van der Waals surface area contributed by atoms with Crippen LogP contribution in [0.2, 0.25) is 0 Å². The first kappa shape index (κ1) is 17.4. The summed E-state index contributed by atoms with van der Waals surface area (Å²) in [4.78, 5) is 11.8. The maximum Gasteiger partial charge on any atom is 0.276 e. The van der Waals surface area contributed by atoms with Crippen LogP contribution in [0, 0.1) is 10.1 Å². The number of para-hydroxylation sites is 1. The number of hydrazone groups is 1. The first-order chi connectivity index (χ1) is 11.3. The third-order valence-electron chi connectivity index (χ3n) is 3.19. The largest absolute Gasteiger partial charge is 0.507 e. The van der Waals surface area contributed by atoms with Gasteiger partial charge in [-0.05, 0) is 24.6 Å². The number of nitro benzene ring substituents is 1. The number of rotatable bonds is 6. The van der Waals surface area contributed by atoms with Crippen molar-refractivity contribution in [3.05, 3.63) is 64.2 Å². The molecule has 0 heterocycles. The molecule has 0 bridgehead atoms. The van der Waals surface area contributed by atoms with E-state index in [-0.39, 0.29) is 16.3 Å². The molecule has 24 heavy (non-hydrogen) atoms. The van der Waals surface area contributed by atoms with Crippen LogP contribution in [-0.2, 0) is 10.0 Å². The number of benzene rings is 2. The number of aromatic hydroxyl groups is 1. The fraction of sp³-hybridized carbons (Fsp3) is 0.133. The molecular formula is C15H15N3O5S. The van der Waals surface area contributed by atoms with Gasteiger partial charge in [-0.2, -0.15) is 18.4 Å². The van der Waals surface area contributed by atoms with Gasteiger partial charge in [-0.1, -0.05) is 25.1 Å². The van der Waals surface area contributed by atoms with E-state index in [1.165, 1.54) is 24.3 Å². The zero-order valence-corrected chi connectivity index (χ0v) is 13.5. The van der Waals surface area contributed by atoms with Crippen molar-refractivity contribution in [2.45, 2.75) is 18.2 Å². The normalized spacial score (nSPS) is 12.0. The monoisotopic (exact) mass is 349 g/mol. The standard InChI is InChI=1S/C15H15N3O5S/c1-2-14(13-8-3-4-9-15(13)19)16-17-24(22,23)12-7-5-6-11(10-12)18(20)21/h3-10,17,19H,2H2,1H3/b16-14+. The van der Waals surface area contributed by atoms with Gasteiger partial charge in [-0.3, -0.25) is 10.1 Å². The lowest BCUT2D eigenvalue weighted by Gasteiger charge is -2.08. The van der Waals surface area contributed by atoms with Crippen molar-refractivity contribution in [3.63, 3.8) is 0 Å². The molecule has 0 aliphatic rings. The Balaban J connectivity index is 2.33. The van der Waals surface area contributed by atoms with Crippen LogP contribution in [0.4, 0.5) is 5.69 Å². The van der Waals surface area contributed by atoms with Gasteiger partial charge in [0.25, 0.3) is 15.7 Å². The minimum atomic E-state index is -4.07. The summed E-state index contributed by atoms with van der Waals surface area (Å²) in [5.41, 5.74) is 0.405. The van der Waals surface area contributed by atoms with Gasteiger partial charge in [-0.25, -0.2) is 0 Å². The molecule has 0 unspecified atom stereocenters. The van der Waals surface area contributed by atoms with Gasteiger partial charge >= 0.3 is 0 Å². The molecule has 0 fully saturated rings. The molecule has 0 aromatic heterocycles. The van der Waals surface area contributed by atoms with Crippen LogP contribution in [0.5, 0.6) is 5.75 Å². The van der Waals surface area contributed by atoms with E-state index < -0.39 is 14.9 Å². The van der Waals surface area contributed by atoms with Crippen LogP contribution >= 0.6 is 0 Å². The van der Waals surface area contributed by atoms with Crippen molar-refractivity contribution >= 4 is 21.4 Å². The van der Waals surface area contributed by atoms with E-state index >= 15 is 0 Å². The van der Waals surface area contributed by atoms with Crippen molar-refractivity contribution in [2.75, 3.05) is 0 Å². The molecule has 126 valence electrons. The van der Waals surface area contributed by atoms with Crippen LogP contribution in [-0.4, -0.2) is 24.2 Å². The topological polar surface area (TPSA) is 122 Å². The number of nitro groups is 1. The lowest BCUT2D eigenvalue weighted by Crippen LogP contribution is -2.20. The van der Waals surface area contributed by atoms with Crippen molar-refractivity contribution in [1.82, 2.24) is 4.83 Å². The fourth-order valence-corrected chi connectivity index (χ4v) is 2.85. The molecule has 0 saturated heterocycles. The molecule has 2 rings (SSSR count). The van der Waals surface area contributed by atoms with E-state index in [0.717, 1.165) is 6.07 Å². The van der Waals surface area contributed by atoms with Gasteiger partial charge in [0.2, 0.25) is 0 Å². The van der Waals surface area contributed by atoms with E-state index in [9.17, 15) is 23.6 Å². The van der Waals surface area contributed by atoms with Crippen molar-refractivity contribution < 1.29 is 18.4 Å². The third kappa shape index (κ3) is 3.87. The summed E-state index contributed by atoms with van der Waals surface area (Å²) in [7, 11) is -4.07. The summed E-state index contributed by atoms with van der Waals surface area (Å²) in [5.74, 6) is -0.0207. The quantitative estimate of drug-likeness (QED) is 0.471. The van der Waals surface area contributed by atoms with E-state index in [4.69, 9.17) is 0 Å². The Hall–Kier alpha value is -2.94. The van der Waals surface area contributed by atoms with Crippen LogP contribution in [0.1, 0.15) is 18.9 Å². The average Bonchev–Trinajstić information content (AvgIpc) is 2.57. The van der Waals surface area contributed by atoms with E-state index in [1.54, 1.807) is 25.1 Å². The van der Waals surface area contributed by atoms with Crippen LogP contribution in [0.25, 0.3) is 0 Å². The van der Waals surface area contributed by atoms with Crippen molar-refractivity contribution in [2.24, 2.45) is 5.10 Å². The number of nitrogens with one attached hydrogen (secondary N) is 1. The molecule has 0 saturated carbocycles. The summed E-state index contributed by atoms with van der Waals surface area (Å²) in [6.07, 6.45) is 0.370. The van der Waals surface area contributed by atoms with Crippen molar-refractivity contribution in [1.29, 1.82) is 0 Å². The second kappa shape index (κ2) is 7.09. The Morgan fingerprint density at radius 3 is 2.58 bits per heavy atom. The van der Waals surface area contributed by atoms with E-state index in [1.807, 2.05) is 4.83 Å². The first-order valence-electron chi connectivity index (χ1n) is 6.96. The predicted molar refractivity (Wildman–Crippen MR) is 88.4 cm³/mol. The zero-order chi connectivity index (χ0) is 17.7. The second-order valence-corrected chi connectivity index (χ2v) is 6.44. The molecule has 8 nitrogen and oxygen atoms in total. The maximum absolute atomic E-state index is 12.2. The van der Waals surface area contributed by atoms with Crippen LogP contribution < -0.4 is 4.83 Å². The molecule has 2 N–H and O–H groups in total. The smallest absolute Gasteiger partial charge is 0.276 e. The van der Waals surface area contributed by atoms with Gasteiger partial charge in [0.05, 0.1) is 15.5 Å². The van der Waals surface area contributed by atoms with Gasteiger partial charge in [0.15, 0.2) is 0 Å². The molecule has 0 aliphatic carbocycles. The lowest BCUT2D eigenvalue weighted by atomic mass is 10.1. The molecule has 0 aliphatic heterocycles. The molecule has 0 spiro atoms. The number of hydrogen-bond donors (Lipinski definition) is 2. The minimum Gasteiger partial charge on any atom is -0.507 e. The predicted octanol–water partition coefficient (Wildman–Crippen LogP) is 2.39. The average molecular weight is 349 g/mol. The minimum absolute atomic E-state index is 0.0207. The van der Waals surface area contributed by atoms with Crippen LogP contribution in [0.3, 0.4) is 0 Å². The summed E-state index contributed by atoms with van der Waals surface area (Å²) >= 11 is 0. The Bertz CT molecular complexity index is 893. The lowest BCUT2D eigenvalue weighted by molar-refractivity contribution is -0.385.